The number of nitrogens with two attached hydrogens (primary N) is 4. The second kappa shape index (κ2) is 51.5. The number of carbonyl (C=O) groups excluding carboxylic acids is 13. The zero-order valence-corrected chi connectivity index (χ0v) is 73.9. The fourth-order valence-electron chi connectivity index (χ4n) is 15.0. The Labute approximate surface area is 759 Å². The summed E-state index contributed by atoms with van der Waals surface area (Å²) < 4.78 is 0. The van der Waals surface area contributed by atoms with Crippen LogP contribution in [0.1, 0.15) is 139 Å². The van der Waals surface area contributed by atoms with Crippen LogP contribution < -0.4 is 92.1 Å². The predicted molar refractivity (Wildman–Crippen MR) is 480 cm³/mol. The normalized spacial score (nSPS) is 15.9. The molecule has 1 aliphatic heterocycles. The maximum atomic E-state index is 15.3. The standard InChI is InChI=1S/C87H123N25O20/c1-5-46(2)71(83(128)100-47(3)73(118)108-67(86(131)132)38-53-42-94-45-99-53)110-79(124)63(34-49-24-26-54(115)27-25-49)106-82(127)69-23-15-33-112(69)85(130)62(22-14-32-95-87(91)92)103-78(123)66(37-52-41-93-44-98-52)105-81(126)68(43-113)109-77(122)64(35-50-39-96-58-19-8-6-16-55(50)58)107-84(129)72(48(4)114)111-80(125)65(36-51-40-97-59-20-9-7-17-56(51)59)104-76(121)61(28-29-70(116)117)102-75(120)60(21-11-13-31-89)101-74(119)57(90)18-10-12-30-88/h6-9,16-17,19-20,24-27,39-42,44-48,57,60-69,71-72,96-97,113-115H,5,10-15,18,21-23,28-38,43,88-90H2,1-4H3,(H,93,98)(H,94,99)(H,100,128)(H,101,119)(H,102,120)(H,103,123)(H,104,121)(H,105,126)(H,106,127)(H,107,129)(H,108,118)(H,109,122)(H,110,124)(H,111,125)(H,116,117)(H,131,132)(H4,91,92,95)/t46-,47-,48-,57-,60+,61+,62-,63-,64+,65+,66-,67-,68+,69-,71-,72+/m0/s1. The molecule has 0 bridgehead atoms. The lowest BCUT2D eigenvalue weighted by molar-refractivity contribution is -0.143. The molecule has 0 saturated carbocycles. The van der Waals surface area contributed by atoms with E-state index < -0.39 is 217 Å². The summed E-state index contributed by atoms with van der Waals surface area (Å²) in [5.74, 6) is -16.5. The Hall–Kier alpha value is -13.9. The average molecular weight is 1840 g/mol. The van der Waals surface area contributed by atoms with Crippen molar-refractivity contribution in [1.29, 1.82) is 5.41 Å². The molecule has 13 amide bonds. The molecule has 45 heteroatoms. The van der Waals surface area contributed by atoms with Gasteiger partial charge in [-0.2, -0.15) is 0 Å². The Kier molecular flexibility index (Phi) is 40.3. The van der Waals surface area contributed by atoms with E-state index in [4.69, 9.17) is 28.3 Å². The SMILES string of the molecule is CC[C@H](C)[C@H](NC(=O)[C@H](Cc1ccc(O)cc1)NC(=O)[C@@H]1CCCN1C(=O)[C@H](CCCNC(=N)N)NC(=O)[C@H](Cc1c[nH]cn1)NC(=O)[C@@H](CO)NC(=O)[C@@H](Cc1c[nH]c2ccccc12)NC(=O)[C@H](NC(=O)[C@@H](Cc1c[nH]c2ccccc12)NC(=O)[C@@H](CCC(=O)O)NC(=O)[C@@H](CCCCN)NC(=O)[C@@H](N)CCCCN)[C@H](C)O)C(=O)N[C@@H](C)C(=O)N[C@@H](Cc1c[nH]cn1)C(=O)O. The summed E-state index contributed by atoms with van der Waals surface area (Å²) in [5, 5.41) is 95.2. The average Bonchev–Trinajstić information content (AvgIpc) is 1.63. The number of H-pyrrole nitrogens is 4. The Morgan fingerprint density at radius 3 is 1.50 bits per heavy atom. The molecule has 0 aliphatic carbocycles. The number of carboxylic acid groups (broad SMARTS) is 2. The lowest BCUT2D eigenvalue weighted by atomic mass is 9.96. The second-order valence-electron chi connectivity index (χ2n) is 32.7. The first kappa shape index (κ1) is 103. The van der Waals surface area contributed by atoms with E-state index in [2.05, 4.69) is 99.0 Å². The molecule has 8 rings (SSSR count). The number of rotatable bonds is 55. The van der Waals surface area contributed by atoms with Crippen molar-refractivity contribution in [3.8, 4) is 5.75 Å². The van der Waals surface area contributed by atoms with Gasteiger partial charge in [-0.15, -0.1) is 0 Å². The minimum Gasteiger partial charge on any atom is -0.508 e. The fraction of sp³-hybridized carbons (Fsp3) is 0.494. The first-order chi connectivity index (χ1) is 63.1. The largest absolute Gasteiger partial charge is 0.508 e. The number of nitrogens with one attached hydrogen (secondary N) is 18. The predicted octanol–water partition coefficient (Wildman–Crippen LogP) is -3.64. The van der Waals surface area contributed by atoms with Crippen LogP contribution >= 0.6 is 0 Å². The van der Waals surface area contributed by atoms with E-state index in [-0.39, 0.29) is 95.3 Å². The smallest absolute Gasteiger partial charge is 0.326 e. The number of guanidine groups is 1. The van der Waals surface area contributed by atoms with Crippen LogP contribution in [-0.2, 0) is 104 Å². The summed E-state index contributed by atoms with van der Waals surface area (Å²) in [6.07, 6.45) is 6.43. The minimum atomic E-state index is -1.98. The van der Waals surface area contributed by atoms with Crippen LogP contribution in [0.2, 0.25) is 0 Å². The highest BCUT2D eigenvalue weighted by Crippen LogP contribution is 2.25. The van der Waals surface area contributed by atoms with Gasteiger partial charge in [0.25, 0.3) is 0 Å². The van der Waals surface area contributed by atoms with Crippen LogP contribution in [0.5, 0.6) is 5.75 Å². The fourth-order valence-corrected chi connectivity index (χ4v) is 15.0. The number of phenolic OH excluding ortho intramolecular Hbond substituents is 1. The second-order valence-corrected chi connectivity index (χ2v) is 32.7. The van der Waals surface area contributed by atoms with Crippen molar-refractivity contribution >= 4 is 116 Å². The maximum absolute atomic E-state index is 15.3. The number of aromatic hydroxyl groups is 1. The van der Waals surface area contributed by atoms with E-state index in [1.807, 2.05) is 0 Å². The summed E-state index contributed by atoms with van der Waals surface area (Å²) in [7, 11) is 0. The molecular formula is C87H123N25O20. The third-order valence-corrected chi connectivity index (χ3v) is 22.7. The number of nitrogens with zero attached hydrogens (tertiary/aromatic N) is 3. The maximum Gasteiger partial charge on any atom is 0.326 e. The number of carbonyl (C=O) groups is 15. The molecule has 0 unspecified atom stereocenters. The third kappa shape index (κ3) is 31.2. The van der Waals surface area contributed by atoms with Crippen LogP contribution in [0.4, 0.5) is 0 Å². The van der Waals surface area contributed by atoms with E-state index in [1.165, 1.54) is 67.3 Å². The first-order valence-corrected chi connectivity index (χ1v) is 43.9. The van der Waals surface area contributed by atoms with E-state index in [0.717, 1.165) is 6.92 Å². The summed E-state index contributed by atoms with van der Waals surface area (Å²) in [6.45, 7) is 5.17. The lowest BCUT2D eigenvalue weighted by Gasteiger charge is -2.31. The number of aliphatic carboxylic acids is 2. The van der Waals surface area contributed by atoms with Gasteiger partial charge in [-0.1, -0.05) is 75.2 Å². The van der Waals surface area contributed by atoms with Crippen molar-refractivity contribution in [2.45, 2.75) is 234 Å². The highest BCUT2D eigenvalue weighted by molar-refractivity contribution is 6.01. The van der Waals surface area contributed by atoms with E-state index in [0.29, 0.717) is 82.8 Å². The molecule has 7 aromatic rings. The first-order valence-electron chi connectivity index (χ1n) is 43.9. The molecule has 0 radical (unpaired) electrons. The zero-order chi connectivity index (χ0) is 96.3. The van der Waals surface area contributed by atoms with Crippen molar-refractivity contribution in [1.82, 2.24) is 104 Å². The minimum absolute atomic E-state index is 0.0137. The molecule has 45 nitrogen and oxygen atoms in total. The number of hydrogen-bond acceptors (Lipinski definition) is 24. The van der Waals surface area contributed by atoms with E-state index in [9.17, 15) is 73.5 Å². The molecule has 1 saturated heterocycles. The van der Waals surface area contributed by atoms with Crippen molar-refractivity contribution in [3.63, 3.8) is 0 Å². The summed E-state index contributed by atoms with van der Waals surface area (Å²) in [6, 6.07) is -2.20. The molecule has 3 aromatic carbocycles. The van der Waals surface area contributed by atoms with Gasteiger partial charge in [0.15, 0.2) is 5.96 Å². The van der Waals surface area contributed by atoms with Crippen LogP contribution in [0.3, 0.4) is 0 Å². The summed E-state index contributed by atoms with van der Waals surface area (Å²) in [5.41, 5.74) is 26.2. The molecular weight excluding hydrogens is 1720 g/mol. The number of aromatic nitrogens is 6. The van der Waals surface area contributed by atoms with Crippen LogP contribution in [0.15, 0.2) is 110 Å². The number of phenols is 1. The van der Waals surface area contributed by atoms with Crippen LogP contribution in [-0.4, -0.2) is 279 Å². The number of unbranched alkanes of at least 4 members (excludes halogenated alkanes) is 2. The van der Waals surface area contributed by atoms with Crippen molar-refractivity contribution in [3.05, 3.63) is 138 Å². The zero-order valence-electron chi connectivity index (χ0n) is 73.9. The number of fused-ring (bicyclic) bond motifs is 2. The molecule has 31 N–H and O–H groups in total. The highest BCUT2D eigenvalue weighted by Gasteiger charge is 2.43. The summed E-state index contributed by atoms with van der Waals surface area (Å²) in [4.78, 5) is 235. The highest BCUT2D eigenvalue weighted by atomic mass is 16.4. The molecule has 5 heterocycles. The number of benzene rings is 3. The van der Waals surface area contributed by atoms with Gasteiger partial charge in [-0.25, -0.2) is 14.8 Å². The number of aliphatic hydroxyl groups is 2. The number of amides is 13. The molecule has 716 valence electrons. The number of aromatic amines is 4. The Bertz CT molecular complexity index is 5070. The van der Waals surface area contributed by atoms with Gasteiger partial charge in [0.1, 0.15) is 84.3 Å². The van der Waals surface area contributed by atoms with Crippen molar-refractivity contribution < 1.29 is 97.5 Å². The Balaban J connectivity index is 1.02. The van der Waals surface area contributed by atoms with Gasteiger partial charge < -0.3 is 142 Å². The van der Waals surface area contributed by atoms with Gasteiger partial charge >= 0.3 is 11.9 Å². The quantitative estimate of drug-likeness (QED) is 0.00993. The van der Waals surface area contributed by atoms with Crippen LogP contribution in [0.25, 0.3) is 21.8 Å². The topological polar surface area (TPSA) is 734 Å². The Morgan fingerprint density at radius 2 is 0.970 bits per heavy atom. The van der Waals surface area contributed by atoms with Crippen molar-refractivity contribution in [2.24, 2.45) is 28.9 Å². The number of aliphatic hydroxyl groups excluding tert-OH is 2. The molecule has 16 atom stereocenters. The van der Waals surface area contributed by atoms with Gasteiger partial charge in [-0.3, -0.25) is 72.5 Å². The number of imidazole rings is 2. The molecule has 1 aliphatic rings. The number of para-hydroxylation sites is 2. The van der Waals surface area contributed by atoms with Crippen molar-refractivity contribution in [2.75, 3.05) is 32.8 Å². The van der Waals surface area contributed by atoms with Gasteiger partial charge in [0.05, 0.1) is 42.8 Å². The van der Waals surface area contributed by atoms with Gasteiger partial charge in [0.2, 0.25) is 76.8 Å². The van der Waals surface area contributed by atoms with Gasteiger partial charge in [0, 0.05) is 98.2 Å². The molecule has 0 spiro atoms. The molecule has 132 heavy (non-hydrogen) atoms. The number of carboxylic acids is 2. The molecule has 1 fully saturated rings. The third-order valence-electron chi connectivity index (χ3n) is 22.7. The Morgan fingerprint density at radius 1 is 0.508 bits per heavy atom. The number of hydrogen-bond donors (Lipinski definition) is 27. The van der Waals surface area contributed by atoms with Crippen LogP contribution in [0, 0.1) is 11.3 Å². The van der Waals surface area contributed by atoms with Gasteiger partial charge in [-0.05, 0) is 138 Å². The number of likely N-dealkylation sites (tertiary alicyclic amines) is 1. The lowest BCUT2D eigenvalue weighted by Crippen LogP contribution is -2.63. The monoisotopic (exact) mass is 1840 g/mol. The van der Waals surface area contributed by atoms with E-state index >= 15 is 24.0 Å². The molecule has 4 aromatic heterocycles. The summed E-state index contributed by atoms with van der Waals surface area (Å²) >= 11 is 0. The van der Waals surface area contributed by atoms with E-state index in [1.54, 1.807) is 68.6 Å².